The maximum atomic E-state index is 12.8. The molecule has 0 atom stereocenters. The smallest absolute Gasteiger partial charge is 0.203 e. The van der Waals surface area contributed by atoms with Gasteiger partial charge in [0.1, 0.15) is 0 Å². The Morgan fingerprint density at radius 2 is 1.62 bits per heavy atom. The van der Waals surface area contributed by atoms with Crippen LogP contribution in [0.5, 0.6) is 0 Å². The molecule has 0 aliphatic carbocycles. The van der Waals surface area contributed by atoms with E-state index in [-0.39, 0.29) is 6.61 Å². The Kier molecular flexibility index (Phi) is 4.78. The second-order valence-electron chi connectivity index (χ2n) is 3.97. The molecule has 0 amide bonds. The van der Waals surface area contributed by atoms with Gasteiger partial charge >= 0.3 is 0 Å². The van der Waals surface area contributed by atoms with Gasteiger partial charge in [-0.1, -0.05) is 0 Å². The minimum absolute atomic E-state index is 0.219. The van der Waals surface area contributed by atoms with Crippen molar-refractivity contribution in [1.29, 1.82) is 0 Å². The average Bonchev–Trinajstić information content (AvgIpc) is 1.82. The summed E-state index contributed by atoms with van der Waals surface area (Å²) in [5, 5.41) is 0. The van der Waals surface area contributed by atoms with Crippen molar-refractivity contribution in [3.63, 3.8) is 0 Å². The van der Waals surface area contributed by atoms with E-state index in [0.29, 0.717) is 6.42 Å². The summed E-state index contributed by atoms with van der Waals surface area (Å²) in [7, 11) is 0. The summed E-state index contributed by atoms with van der Waals surface area (Å²) in [5.74, 6) is -1.63. The Labute approximate surface area is 78.2 Å². The van der Waals surface area contributed by atoms with Crippen LogP contribution in [0.4, 0.5) is 8.78 Å². The largest absolute Gasteiger partial charge is 0.346 e. The van der Waals surface area contributed by atoms with Crippen LogP contribution >= 0.6 is 0 Å². The van der Waals surface area contributed by atoms with Crippen molar-refractivity contribution in [3.8, 4) is 0 Å². The Morgan fingerprint density at radius 1 is 1.08 bits per heavy atom. The van der Waals surface area contributed by atoms with E-state index in [1.807, 2.05) is 0 Å². The third-order valence-electron chi connectivity index (χ3n) is 1.59. The topological polar surface area (TPSA) is 18.5 Å². The number of ether oxygens (including phenoxy) is 2. The molecule has 13 heavy (non-hydrogen) atoms. The van der Waals surface area contributed by atoms with E-state index in [1.165, 1.54) is 13.8 Å². The number of hydrogen-bond acceptors (Lipinski definition) is 2. The first-order chi connectivity index (χ1) is 5.77. The third kappa shape index (κ3) is 8.12. The minimum atomic E-state index is -1.63. The van der Waals surface area contributed by atoms with Gasteiger partial charge < -0.3 is 9.47 Å². The molecule has 0 aromatic rings. The lowest BCUT2D eigenvalue weighted by Gasteiger charge is -2.24. The summed E-state index contributed by atoms with van der Waals surface area (Å²) < 4.78 is 34.2. The molecule has 0 aliphatic heterocycles. The van der Waals surface area contributed by atoms with Crippen molar-refractivity contribution in [2.24, 2.45) is 0 Å². The third-order valence-corrected chi connectivity index (χ3v) is 1.59. The normalized spacial score (nSPS) is 13.4. The van der Waals surface area contributed by atoms with Crippen LogP contribution in [0.25, 0.3) is 0 Å². The van der Waals surface area contributed by atoms with Crippen molar-refractivity contribution in [1.82, 2.24) is 0 Å². The standard InChI is InChI=1S/C9H18F2O2/c1-8(2,13-7-10)5-6-12-9(3,4)11/h5-7H2,1-4H3. The van der Waals surface area contributed by atoms with Crippen LogP contribution in [0.1, 0.15) is 34.1 Å². The molecule has 0 N–H and O–H groups in total. The van der Waals surface area contributed by atoms with Crippen molar-refractivity contribution in [2.75, 3.05) is 13.5 Å². The quantitative estimate of drug-likeness (QED) is 0.650. The highest BCUT2D eigenvalue weighted by Crippen LogP contribution is 2.17. The molecule has 0 radical (unpaired) electrons. The highest BCUT2D eigenvalue weighted by atomic mass is 19.2. The Balaban J connectivity index is 3.63. The average molecular weight is 196 g/mol. The monoisotopic (exact) mass is 196 g/mol. The molecule has 0 bridgehead atoms. The molecule has 0 aromatic heterocycles. The first-order valence-corrected chi connectivity index (χ1v) is 4.30. The van der Waals surface area contributed by atoms with Crippen LogP contribution in [0, 0.1) is 0 Å². The van der Waals surface area contributed by atoms with Gasteiger partial charge in [0.25, 0.3) is 0 Å². The highest BCUT2D eigenvalue weighted by Gasteiger charge is 2.21. The predicted molar refractivity (Wildman–Crippen MR) is 46.9 cm³/mol. The summed E-state index contributed by atoms with van der Waals surface area (Å²) >= 11 is 0. The fourth-order valence-corrected chi connectivity index (χ4v) is 0.759. The van der Waals surface area contributed by atoms with Gasteiger partial charge in [0.05, 0.1) is 12.2 Å². The van der Waals surface area contributed by atoms with Gasteiger partial charge in [-0.25, -0.2) is 8.78 Å². The molecule has 2 nitrogen and oxygen atoms in total. The number of hydrogen-bond donors (Lipinski definition) is 0. The Hall–Kier alpha value is -0.220. The lowest BCUT2D eigenvalue weighted by atomic mass is 10.1. The van der Waals surface area contributed by atoms with Crippen molar-refractivity contribution < 1.29 is 18.3 Å². The first kappa shape index (κ1) is 12.8. The van der Waals surface area contributed by atoms with E-state index in [2.05, 4.69) is 0 Å². The molecular formula is C9H18F2O2. The molecule has 80 valence electrons. The molecule has 0 fully saturated rings. The van der Waals surface area contributed by atoms with Crippen LogP contribution in [0.2, 0.25) is 0 Å². The van der Waals surface area contributed by atoms with Gasteiger partial charge in [0.15, 0.2) is 6.86 Å². The van der Waals surface area contributed by atoms with E-state index in [1.54, 1.807) is 13.8 Å². The zero-order valence-corrected chi connectivity index (χ0v) is 8.69. The summed E-state index contributed by atoms with van der Waals surface area (Å²) in [5.41, 5.74) is -0.597. The number of halogens is 2. The van der Waals surface area contributed by atoms with Crippen LogP contribution in [-0.2, 0) is 9.47 Å². The molecule has 0 heterocycles. The minimum Gasteiger partial charge on any atom is -0.346 e. The molecular weight excluding hydrogens is 178 g/mol. The SMILES string of the molecule is CC(C)(F)OCCC(C)(C)OCF. The van der Waals surface area contributed by atoms with Crippen LogP contribution in [0.3, 0.4) is 0 Å². The molecule has 0 spiro atoms. The molecule has 0 unspecified atom stereocenters. The van der Waals surface area contributed by atoms with Crippen LogP contribution in [0.15, 0.2) is 0 Å². The summed E-state index contributed by atoms with van der Waals surface area (Å²) in [6.45, 7) is 5.52. The molecule has 0 aromatic carbocycles. The fraction of sp³-hybridized carbons (Fsp3) is 1.00. The number of alkyl halides is 2. The molecule has 0 saturated heterocycles. The zero-order chi connectivity index (χ0) is 10.5. The van der Waals surface area contributed by atoms with Crippen LogP contribution < -0.4 is 0 Å². The maximum Gasteiger partial charge on any atom is 0.203 e. The number of rotatable bonds is 6. The van der Waals surface area contributed by atoms with Gasteiger partial charge in [-0.3, -0.25) is 0 Å². The van der Waals surface area contributed by atoms with E-state index >= 15 is 0 Å². The van der Waals surface area contributed by atoms with Gasteiger partial charge in [-0.15, -0.1) is 0 Å². The van der Waals surface area contributed by atoms with E-state index in [9.17, 15) is 8.78 Å². The first-order valence-electron chi connectivity index (χ1n) is 4.30. The second-order valence-corrected chi connectivity index (χ2v) is 3.97. The molecule has 4 heteroatoms. The van der Waals surface area contributed by atoms with E-state index in [0.717, 1.165) is 0 Å². The van der Waals surface area contributed by atoms with Gasteiger partial charge in [0.2, 0.25) is 5.85 Å². The van der Waals surface area contributed by atoms with Crippen molar-refractivity contribution in [2.45, 2.75) is 45.6 Å². The highest BCUT2D eigenvalue weighted by molar-refractivity contribution is 4.67. The Bertz CT molecular complexity index is 141. The van der Waals surface area contributed by atoms with Crippen LogP contribution in [-0.4, -0.2) is 24.9 Å². The summed E-state index contributed by atoms with van der Waals surface area (Å²) in [6.07, 6.45) is 0.463. The summed E-state index contributed by atoms with van der Waals surface area (Å²) in [6, 6.07) is 0. The lowest BCUT2D eigenvalue weighted by molar-refractivity contribution is -0.138. The molecule has 0 saturated carbocycles. The zero-order valence-electron chi connectivity index (χ0n) is 8.69. The maximum absolute atomic E-state index is 12.8. The fourth-order valence-electron chi connectivity index (χ4n) is 0.759. The van der Waals surface area contributed by atoms with E-state index in [4.69, 9.17) is 9.47 Å². The van der Waals surface area contributed by atoms with Gasteiger partial charge in [-0.05, 0) is 34.1 Å². The molecule has 0 aliphatic rings. The predicted octanol–water partition coefficient (Wildman–Crippen LogP) is 2.82. The lowest BCUT2D eigenvalue weighted by Crippen LogP contribution is -2.28. The van der Waals surface area contributed by atoms with Crippen molar-refractivity contribution >= 4 is 0 Å². The Morgan fingerprint density at radius 3 is 2.00 bits per heavy atom. The summed E-state index contributed by atoms with van der Waals surface area (Å²) in [4.78, 5) is 0. The van der Waals surface area contributed by atoms with Gasteiger partial charge in [-0.2, -0.15) is 0 Å². The molecule has 0 rings (SSSR count). The van der Waals surface area contributed by atoms with Crippen molar-refractivity contribution in [3.05, 3.63) is 0 Å². The van der Waals surface area contributed by atoms with E-state index < -0.39 is 18.3 Å². The van der Waals surface area contributed by atoms with Gasteiger partial charge in [0, 0.05) is 0 Å². The second kappa shape index (κ2) is 4.86.